The highest BCUT2D eigenvalue weighted by molar-refractivity contribution is 5.26. The number of alkyl halides is 3. The van der Waals surface area contributed by atoms with Gasteiger partial charge < -0.3 is 0 Å². The molecular formula is C11H10F4N4O. The van der Waals surface area contributed by atoms with E-state index >= 15 is 0 Å². The lowest BCUT2D eigenvalue weighted by atomic mass is 10.1. The van der Waals surface area contributed by atoms with Gasteiger partial charge in [0.2, 0.25) is 0 Å². The third-order valence-electron chi connectivity index (χ3n) is 2.61. The number of hydrogen-bond donors (Lipinski definition) is 0. The van der Waals surface area contributed by atoms with Gasteiger partial charge in [0.25, 0.3) is 0 Å². The SMILES string of the molecule is CCn1nnn(Cc2cc(F)cc(C(F)(F)F)c2)c1=O. The van der Waals surface area contributed by atoms with E-state index in [0.717, 1.165) is 21.5 Å². The normalized spacial score (nSPS) is 11.8. The molecule has 0 aliphatic rings. The molecule has 5 nitrogen and oxygen atoms in total. The zero-order valence-corrected chi connectivity index (χ0v) is 10.4. The van der Waals surface area contributed by atoms with E-state index in [1.807, 2.05) is 0 Å². The Kier molecular flexibility index (Phi) is 3.60. The minimum atomic E-state index is -4.65. The number of aromatic nitrogens is 4. The molecule has 2 aromatic rings. The van der Waals surface area contributed by atoms with Gasteiger partial charge in [-0.2, -0.15) is 22.5 Å². The summed E-state index contributed by atoms with van der Waals surface area (Å²) in [6.07, 6.45) is -4.65. The molecule has 20 heavy (non-hydrogen) atoms. The summed E-state index contributed by atoms with van der Waals surface area (Å²) in [5, 5.41) is 7.04. The van der Waals surface area contributed by atoms with Crippen LogP contribution in [0.5, 0.6) is 0 Å². The summed E-state index contributed by atoms with van der Waals surface area (Å²) < 4.78 is 52.8. The Bertz CT molecular complexity index is 674. The molecule has 9 heteroatoms. The molecule has 0 N–H and O–H groups in total. The van der Waals surface area contributed by atoms with E-state index < -0.39 is 23.2 Å². The average Bonchev–Trinajstić information content (AvgIpc) is 2.69. The second-order valence-electron chi connectivity index (χ2n) is 4.08. The summed E-state index contributed by atoms with van der Waals surface area (Å²) in [5.74, 6) is -1.02. The minimum absolute atomic E-state index is 0.0115. The van der Waals surface area contributed by atoms with Gasteiger partial charge in [0.1, 0.15) is 5.82 Å². The highest BCUT2D eigenvalue weighted by atomic mass is 19.4. The Hall–Kier alpha value is -2.19. The zero-order chi connectivity index (χ0) is 14.9. The van der Waals surface area contributed by atoms with Crippen LogP contribution in [0.1, 0.15) is 18.1 Å². The molecule has 1 aromatic heterocycles. The van der Waals surface area contributed by atoms with Crippen molar-refractivity contribution in [2.75, 3.05) is 0 Å². The fraction of sp³-hybridized carbons (Fsp3) is 0.364. The lowest BCUT2D eigenvalue weighted by Gasteiger charge is -2.09. The Morgan fingerprint density at radius 3 is 2.35 bits per heavy atom. The smallest absolute Gasteiger partial charge is 0.244 e. The van der Waals surface area contributed by atoms with E-state index in [2.05, 4.69) is 10.4 Å². The van der Waals surface area contributed by atoms with Crippen LogP contribution in [0.2, 0.25) is 0 Å². The molecule has 0 fully saturated rings. The van der Waals surface area contributed by atoms with Crippen LogP contribution in [0, 0.1) is 5.82 Å². The summed E-state index contributed by atoms with van der Waals surface area (Å²) in [5.41, 5.74) is -1.68. The first-order valence-electron chi connectivity index (χ1n) is 5.68. The van der Waals surface area contributed by atoms with Crippen LogP contribution < -0.4 is 5.69 Å². The summed E-state index contributed by atoms with van der Waals surface area (Å²) >= 11 is 0. The lowest BCUT2D eigenvalue weighted by Crippen LogP contribution is -2.25. The summed E-state index contributed by atoms with van der Waals surface area (Å²) in [6, 6.07) is 2.10. The Morgan fingerprint density at radius 2 is 1.80 bits per heavy atom. The molecule has 0 aliphatic heterocycles. The van der Waals surface area contributed by atoms with Crippen LogP contribution in [-0.4, -0.2) is 19.8 Å². The van der Waals surface area contributed by atoms with Crippen LogP contribution in [0.4, 0.5) is 17.6 Å². The molecule has 0 amide bonds. The lowest BCUT2D eigenvalue weighted by molar-refractivity contribution is -0.137. The van der Waals surface area contributed by atoms with Gasteiger partial charge in [-0.05, 0) is 41.1 Å². The number of nitrogens with zero attached hydrogens (tertiary/aromatic N) is 4. The number of aryl methyl sites for hydroxylation is 1. The second-order valence-corrected chi connectivity index (χ2v) is 4.08. The predicted molar refractivity (Wildman–Crippen MR) is 60.5 cm³/mol. The van der Waals surface area contributed by atoms with Crippen LogP contribution >= 0.6 is 0 Å². The summed E-state index contributed by atoms with van der Waals surface area (Å²) in [4.78, 5) is 11.7. The highest BCUT2D eigenvalue weighted by Gasteiger charge is 2.31. The second kappa shape index (κ2) is 5.06. The quantitative estimate of drug-likeness (QED) is 0.808. The van der Waals surface area contributed by atoms with Crippen LogP contribution in [-0.2, 0) is 19.3 Å². The fourth-order valence-electron chi connectivity index (χ4n) is 1.68. The van der Waals surface area contributed by atoms with E-state index in [1.165, 1.54) is 0 Å². The van der Waals surface area contributed by atoms with Crippen molar-refractivity contribution in [3.8, 4) is 0 Å². The topological polar surface area (TPSA) is 52.7 Å². The monoisotopic (exact) mass is 290 g/mol. The molecule has 0 spiro atoms. The van der Waals surface area contributed by atoms with Crippen LogP contribution in [0.15, 0.2) is 23.0 Å². The van der Waals surface area contributed by atoms with Crippen molar-refractivity contribution in [1.82, 2.24) is 19.8 Å². The van der Waals surface area contributed by atoms with Crippen molar-refractivity contribution >= 4 is 0 Å². The fourth-order valence-corrected chi connectivity index (χ4v) is 1.68. The minimum Gasteiger partial charge on any atom is -0.244 e. The molecule has 108 valence electrons. The first-order chi connectivity index (χ1) is 9.31. The predicted octanol–water partition coefficient (Wildman–Crippen LogP) is 1.67. The molecule has 0 radical (unpaired) electrons. The van der Waals surface area contributed by atoms with Gasteiger partial charge in [-0.15, -0.1) is 0 Å². The molecular weight excluding hydrogens is 280 g/mol. The van der Waals surface area contributed by atoms with E-state index in [0.29, 0.717) is 6.07 Å². The zero-order valence-electron chi connectivity index (χ0n) is 10.4. The van der Waals surface area contributed by atoms with Gasteiger partial charge >= 0.3 is 11.9 Å². The standard InChI is InChI=1S/C11H10F4N4O/c1-2-18-10(20)19(17-16-18)6-7-3-8(11(13,14)15)5-9(12)4-7/h3-5H,2,6H2,1H3. The van der Waals surface area contributed by atoms with Crippen molar-refractivity contribution in [1.29, 1.82) is 0 Å². The van der Waals surface area contributed by atoms with Crippen molar-refractivity contribution in [3.05, 3.63) is 45.6 Å². The van der Waals surface area contributed by atoms with E-state index in [-0.39, 0.29) is 18.7 Å². The van der Waals surface area contributed by atoms with E-state index in [1.54, 1.807) is 6.92 Å². The molecule has 0 unspecified atom stereocenters. The molecule has 0 saturated heterocycles. The Labute approximate surface area is 110 Å². The number of hydrogen-bond acceptors (Lipinski definition) is 3. The molecule has 2 rings (SSSR count). The van der Waals surface area contributed by atoms with Crippen LogP contribution in [0.3, 0.4) is 0 Å². The molecule has 0 saturated carbocycles. The number of benzene rings is 1. The largest absolute Gasteiger partial charge is 0.416 e. The van der Waals surface area contributed by atoms with E-state index in [9.17, 15) is 22.4 Å². The molecule has 0 bridgehead atoms. The van der Waals surface area contributed by atoms with Crippen molar-refractivity contribution in [2.45, 2.75) is 26.2 Å². The van der Waals surface area contributed by atoms with Gasteiger partial charge in [0, 0.05) is 6.54 Å². The summed E-state index contributed by atoms with van der Waals surface area (Å²) in [7, 11) is 0. The van der Waals surface area contributed by atoms with E-state index in [4.69, 9.17) is 0 Å². The van der Waals surface area contributed by atoms with Crippen molar-refractivity contribution in [3.63, 3.8) is 0 Å². The van der Waals surface area contributed by atoms with Crippen molar-refractivity contribution < 1.29 is 17.6 Å². The average molecular weight is 290 g/mol. The van der Waals surface area contributed by atoms with Gasteiger partial charge in [0.05, 0.1) is 12.1 Å². The molecule has 0 atom stereocenters. The number of halogens is 4. The van der Waals surface area contributed by atoms with Crippen molar-refractivity contribution in [2.24, 2.45) is 0 Å². The third kappa shape index (κ3) is 2.86. The third-order valence-corrected chi connectivity index (χ3v) is 2.61. The Morgan fingerprint density at radius 1 is 1.15 bits per heavy atom. The van der Waals surface area contributed by atoms with Crippen LogP contribution in [0.25, 0.3) is 0 Å². The maximum absolute atomic E-state index is 13.2. The van der Waals surface area contributed by atoms with Gasteiger partial charge in [-0.3, -0.25) is 0 Å². The first-order valence-corrected chi connectivity index (χ1v) is 5.68. The van der Waals surface area contributed by atoms with Gasteiger partial charge in [-0.1, -0.05) is 0 Å². The first kappa shape index (κ1) is 14.2. The van der Waals surface area contributed by atoms with Gasteiger partial charge in [-0.25, -0.2) is 9.18 Å². The van der Waals surface area contributed by atoms with Gasteiger partial charge in [0.15, 0.2) is 0 Å². The highest BCUT2D eigenvalue weighted by Crippen LogP contribution is 2.30. The maximum Gasteiger partial charge on any atom is 0.416 e. The number of rotatable bonds is 3. The molecule has 0 aliphatic carbocycles. The maximum atomic E-state index is 13.2. The summed E-state index contributed by atoms with van der Waals surface area (Å²) in [6.45, 7) is 1.68. The number of tetrazole rings is 1. The molecule has 1 heterocycles. The Balaban J connectivity index is 2.36. The molecule has 1 aromatic carbocycles.